The standard InChI is InChI=1S/C70H36N4O12S3/c71-29-41-21-47-48(22-42(41)30-72)59(76)51(58(47)75)25-45-26-53-55(69(45,65(79)83-33-37-13-5-1-6-14-37)66(80)84-34-38-15-7-2-8-16-38)56-63(88-53)64-57(70(56,67(81)85-35-39-17-9-3-10-18-39)68(82)86-36-40-19-11-4-12-20-40)62-54(89-64)28-46(87-62)27-52-60(77)49-23-43(31-73)44(32-74)24-50(49)61(52)78/h1-28H,33-36H2. The molecule has 13 rings (SSSR count). The van der Waals surface area contributed by atoms with Crippen LogP contribution in [0, 0.1) is 45.3 Å². The van der Waals surface area contributed by atoms with Gasteiger partial charge in [0.15, 0.2) is 23.1 Å². The van der Waals surface area contributed by atoms with Crippen molar-refractivity contribution in [3.8, 4) is 34.0 Å². The van der Waals surface area contributed by atoms with Crippen LogP contribution < -0.4 is 0 Å². The maximum atomic E-state index is 16.4. The molecule has 3 heterocycles. The number of allylic oxidation sites excluding steroid dienone is 3. The number of hydrogen-bond acceptors (Lipinski definition) is 19. The Morgan fingerprint density at radius 1 is 0.416 bits per heavy atom. The number of benzene rings is 6. The molecule has 4 aliphatic carbocycles. The molecule has 0 aliphatic heterocycles. The molecule has 19 heteroatoms. The Balaban J connectivity index is 1.07. The predicted octanol–water partition coefficient (Wildman–Crippen LogP) is 11.9. The van der Waals surface area contributed by atoms with Crippen molar-refractivity contribution in [1.82, 2.24) is 0 Å². The Bertz CT molecular complexity index is 4730. The fraction of sp³-hybridized carbons (Fsp3) is 0.0857. The van der Waals surface area contributed by atoms with E-state index in [-0.39, 0.29) is 86.8 Å². The molecule has 4 aliphatic rings. The average Bonchev–Trinajstić information content (AvgIpc) is 1.49. The Labute approximate surface area is 516 Å². The summed E-state index contributed by atoms with van der Waals surface area (Å²) in [7, 11) is 0. The van der Waals surface area contributed by atoms with Crippen LogP contribution in [0.2, 0.25) is 0 Å². The molecule has 0 fully saturated rings. The summed E-state index contributed by atoms with van der Waals surface area (Å²) in [6.45, 7) is -1.71. The Hall–Kier alpha value is -11.6. The van der Waals surface area contributed by atoms with Crippen molar-refractivity contribution >= 4 is 103 Å². The Kier molecular flexibility index (Phi) is 14.2. The van der Waals surface area contributed by atoms with Gasteiger partial charge in [-0.25, -0.2) is 0 Å². The zero-order valence-corrected chi connectivity index (χ0v) is 48.4. The SMILES string of the molecule is N#Cc1cc2c(cc1C#N)C(=O)C(=CC1=Cc3sc4c(c3C1(C(=O)OCc1ccccc1)C(=O)OCc1ccccc1)C(C(=O)OCc1ccccc1)(C(=O)OCc1ccccc1)c1c-4sc3cc(C=C4C(=O)c5cc(C#N)c(C#N)cc5C4=O)sc13)C2=O. The lowest BCUT2D eigenvalue weighted by atomic mass is 9.69. The fourth-order valence-electron chi connectivity index (χ4n) is 11.6. The van der Waals surface area contributed by atoms with Gasteiger partial charge in [-0.05, 0) is 76.4 Å². The first kappa shape index (κ1) is 56.5. The second-order valence-corrected chi connectivity index (χ2v) is 24.0. The third kappa shape index (κ3) is 9.04. The van der Waals surface area contributed by atoms with Crippen LogP contribution in [0.3, 0.4) is 0 Å². The molecule has 0 unspecified atom stereocenters. The first-order valence-electron chi connectivity index (χ1n) is 27.1. The van der Waals surface area contributed by atoms with E-state index in [1.807, 2.05) is 24.3 Å². The number of esters is 4. The number of ketones is 4. The van der Waals surface area contributed by atoms with Crippen molar-refractivity contribution in [2.75, 3.05) is 0 Å². The van der Waals surface area contributed by atoms with E-state index >= 15 is 19.2 Å². The summed E-state index contributed by atoms with van der Waals surface area (Å²) < 4.78 is 25.9. The lowest BCUT2D eigenvalue weighted by Gasteiger charge is -2.33. The molecular formula is C70H36N4O12S3. The van der Waals surface area contributed by atoms with Crippen LogP contribution in [-0.4, -0.2) is 47.0 Å². The average molecular weight is 1220 g/mol. The topological polar surface area (TPSA) is 269 Å². The van der Waals surface area contributed by atoms with Gasteiger partial charge >= 0.3 is 23.9 Å². The third-order valence-electron chi connectivity index (χ3n) is 15.8. The van der Waals surface area contributed by atoms with Gasteiger partial charge in [0.25, 0.3) is 0 Å². The lowest BCUT2D eigenvalue weighted by molar-refractivity contribution is -0.167. The summed E-state index contributed by atoms with van der Waals surface area (Å²) in [6.07, 6.45) is 3.81. The van der Waals surface area contributed by atoms with E-state index in [0.717, 1.165) is 52.2 Å². The van der Waals surface area contributed by atoms with Crippen molar-refractivity contribution < 1.29 is 57.3 Å². The van der Waals surface area contributed by atoms with Crippen LogP contribution in [0.5, 0.6) is 0 Å². The first-order chi connectivity index (χ1) is 43.2. The van der Waals surface area contributed by atoms with E-state index in [0.29, 0.717) is 36.7 Å². The van der Waals surface area contributed by atoms with Crippen molar-refractivity contribution in [3.63, 3.8) is 0 Å². The summed E-state index contributed by atoms with van der Waals surface area (Å²) in [4.78, 5) is 124. The first-order valence-corrected chi connectivity index (χ1v) is 29.6. The lowest BCUT2D eigenvalue weighted by Crippen LogP contribution is -2.51. The molecule has 16 nitrogen and oxygen atoms in total. The molecule has 0 spiro atoms. The molecule has 0 N–H and O–H groups in total. The minimum atomic E-state index is -2.92. The molecule has 0 radical (unpaired) electrons. The Morgan fingerprint density at radius 2 is 0.764 bits per heavy atom. The van der Waals surface area contributed by atoms with E-state index < -0.39 is 89.8 Å². The van der Waals surface area contributed by atoms with Gasteiger partial charge < -0.3 is 18.9 Å². The number of thiophene rings is 3. The summed E-state index contributed by atoms with van der Waals surface area (Å²) in [5.41, 5.74) is -6.54. The molecule has 3 aromatic heterocycles. The summed E-state index contributed by atoms with van der Waals surface area (Å²) in [6, 6.07) is 48.0. The molecule has 0 saturated heterocycles. The smallest absolute Gasteiger partial charge is 0.333 e. The largest absolute Gasteiger partial charge is 0.459 e. The molecule has 9 aromatic rings. The maximum absolute atomic E-state index is 16.4. The van der Waals surface area contributed by atoms with E-state index in [9.17, 15) is 40.2 Å². The third-order valence-corrected chi connectivity index (χ3v) is 19.5. The molecule has 89 heavy (non-hydrogen) atoms. The highest BCUT2D eigenvalue weighted by Crippen LogP contribution is 2.66. The predicted molar refractivity (Wildman–Crippen MR) is 324 cm³/mol. The molecule has 0 atom stereocenters. The number of nitriles is 4. The van der Waals surface area contributed by atoms with Crippen LogP contribution in [0.25, 0.3) is 31.3 Å². The van der Waals surface area contributed by atoms with Gasteiger partial charge in [-0.1, -0.05) is 121 Å². The minimum absolute atomic E-state index is 0.0196. The van der Waals surface area contributed by atoms with Crippen molar-refractivity contribution in [1.29, 1.82) is 21.0 Å². The molecule has 0 saturated carbocycles. The van der Waals surface area contributed by atoms with Gasteiger partial charge in [0.1, 0.15) is 50.7 Å². The Morgan fingerprint density at radius 3 is 1.13 bits per heavy atom. The van der Waals surface area contributed by atoms with E-state index in [1.165, 1.54) is 24.3 Å². The summed E-state index contributed by atoms with van der Waals surface area (Å²) in [5, 5.41) is 39.5. The highest BCUT2D eigenvalue weighted by atomic mass is 32.1. The zero-order chi connectivity index (χ0) is 61.9. The summed E-state index contributed by atoms with van der Waals surface area (Å²) >= 11 is 3.11. The summed E-state index contributed by atoms with van der Waals surface area (Å²) in [5.74, 6) is -8.24. The van der Waals surface area contributed by atoms with Gasteiger partial charge in [0.2, 0.25) is 10.8 Å². The zero-order valence-electron chi connectivity index (χ0n) is 45.9. The molecule has 0 amide bonds. The monoisotopic (exact) mass is 1220 g/mol. The number of fused-ring (bicyclic) bond motifs is 9. The number of Topliss-reactive ketones (excluding diaryl/α,β-unsaturated/α-hetero) is 4. The second-order valence-electron chi connectivity index (χ2n) is 20.8. The molecule has 426 valence electrons. The number of nitrogens with zero attached hydrogens (tertiary/aromatic N) is 4. The second kappa shape index (κ2) is 22.4. The highest BCUT2D eigenvalue weighted by Gasteiger charge is 2.68. The maximum Gasteiger partial charge on any atom is 0.333 e. The highest BCUT2D eigenvalue weighted by molar-refractivity contribution is 7.32. The molecule has 0 bridgehead atoms. The van der Waals surface area contributed by atoms with Crippen LogP contribution in [0.15, 0.2) is 174 Å². The van der Waals surface area contributed by atoms with E-state index in [2.05, 4.69) is 0 Å². The van der Waals surface area contributed by atoms with E-state index in [4.69, 9.17) is 18.9 Å². The van der Waals surface area contributed by atoms with Gasteiger partial charge in [0.05, 0.1) is 47.9 Å². The molecular weight excluding hydrogens is 1180 g/mol. The van der Waals surface area contributed by atoms with Crippen LogP contribution >= 0.6 is 34.0 Å². The van der Waals surface area contributed by atoms with Crippen LogP contribution in [0.4, 0.5) is 0 Å². The van der Waals surface area contributed by atoms with Gasteiger partial charge in [-0.2, -0.15) is 21.0 Å². The number of carbonyl (C=O) groups excluding carboxylic acids is 8. The number of hydrogen-bond donors (Lipinski definition) is 0. The van der Waals surface area contributed by atoms with Crippen molar-refractivity contribution in [2.24, 2.45) is 0 Å². The van der Waals surface area contributed by atoms with Gasteiger partial charge in [-0.3, -0.25) is 38.4 Å². The van der Waals surface area contributed by atoms with Crippen LogP contribution in [-0.2, 0) is 75.4 Å². The van der Waals surface area contributed by atoms with Crippen molar-refractivity contribution in [3.05, 3.63) is 268 Å². The van der Waals surface area contributed by atoms with Gasteiger partial charge in [-0.15, -0.1) is 34.0 Å². The van der Waals surface area contributed by atoms with Crippen molar-refractivity contribution in [2.45, 2.75) is 37.3 Å². The minimum Gasteiger partial charge on any atom is -0.459 e. The number of ether oxygens (including phenoxy) is 4. The molecule has 6 aromatic carbocycles. The van der Waals surface area contributed by atoms with E-state index in [1.54, 1.807) is 127 Å². The quantitative estimate of drug-likeness (QED) is 0.0322. The normalized spacial score (nSPS) is 14.2. The van der Waals surface area contributed by atoms with Crippen LogP contribution in [0.1, 0.15) is 112 Å². The number of rotatable bonds is 14. The number of carbonyl (C=O) groups is 8. The van der Waals surface area contributed by atoms with Gasteiger partial charge in [0, 0.05) is 53.4 Å². The fourth-order valence-corrected chi connectivity index (χ4v) is 15.8.